The molecule has 5 nitrogen and oxygen atoms in total. The van der Waals surface area contributed by atoms with E-state index in [-0.39, 0.29) is 18.4 Å². The molecule has 0 spiro atoms. The molecule has 1 saturated heterocycles. The SMILES string of the molecule is NCC(=O)NC1CCCN(c2ccccc2)C1=O. The highest BCUT2D eigenvalue weighted by Gasteiger charge is 2.30. The largest absolute Gasteiger partial charge is 0.343 e. The number of benzene rings is 1. The molecule has 1 heterocycles. The van der Waals surface area contributed by atoms with Gasteiger partial charge in [0.05, 0.1) is 6.54 Å². The third-order valence-corrected chi connectivity index (χ3v) is 3.03. The van der Waals surface area contributed by atoms with Gasteiger partial charge in [0.15, 0.2) is 0 Å². The molecule has 1 unspecified atom stereocenters. The summed E-state index contributed by atoms with van der Waals surface area (Å²) in [5.41, 5.74) is 6.11. The zero-order chi connectivity index (χ0) is 13.0. The Hall–Kier alpha value is -1.88. The molecular formula is C13H17N3O2. The lowest BCUT2D eigenvalue weighted by atomic mass is 10.0. The Balaban J connectivity index is 2.10. The Labute approximate surface area is 106 Å². The van der Waals surface area contributed by atoms with Gasteiger partial charge in [0.2, 0.25) is 11.8 Å². The number of piperidine rings is 1. The maximum absolute atomic E-state index is 12.2. The predicted molar refractivity (Wildman–Crippen MR) is 69.0 cm³/mol. The van der Waals surface area contributed by atoms with Crippen LogP contribution in [0.25, 0.3) is 0 Å². The third kappa shape index (κ3) is 2.68. The molecule has 96 valence electrons. The summed E-state index contributed by atoms with van der Waals surface area (Å²) in [6, 6.07) is 9.03. The van der Waals surface area contributed by atoms with Gasteiger partial charge in [0.25, 0.3) is 0 Å². The van der Waals surface area contributed by atoms with Crippen LogP contribution >= 0.6 is 0 Å². The Bertz CT molecular complexity index is 433. The van der Waals surface area contributed by atoms with Crippen LogP contribution in [0.4, 0.5) is 5.69 Å². The molecule has 2 amide bonds. The average molecular weight is 247 g/mol. The van der Waals surface area contributed by atoms with E-state index in [4.69, 9.17) is 5.73 Å². The van der Waals surface area contributed by atoms with Crippen molar-refractivity contribution in [2.75, 3.05) is 18.0 Å². The molecule has 0 aromatic heterocycles. The van der Waals surface area contributed by atoms with E-state index in [0.717, 1.165) is 12.1 Å². The van der Waals surface area contributed by atoms with Gasteiger partial charge in [-0.3, -0.25) is 9.59 Å². The first-order chi connectivity index (χ1) is 8.72. The van der Waals surface area contributed by atoms with Gasteiger partial charge in [-0.15, -0.1) is 0 Å². The minimum atomic E-state index is -0.449. The molecule has 0 saturated carbocycles. The minimum Gasteiger partial charge on any atom is -0.343 e. The second-order valence-electron chi connectivity index (χ2n) is 4.29. The van der Waals surface area contributed by atoms with Crippen molar-refractivity contribution in [3.63, 3.8) is 0 Å². The highest BCUT2D eigenvalue weighted by molar-refractivity contribution is 6.00. The molecule has 1 aliphatic rings. The molecule has 18 heavy (non-hydrogen) atoms. The number of rotatable bonds is 3. The first-order valence-corrected chi connectivity index (χ1v) is 6.08. The fourth-order valence-electron chi connectivity index (χ4n) is 2.13. The van der Waals surface area contributed by atoms with E-state index in [9.17, 15) is 9.59 Å². The fourth-order valence-corrected chi connectivity index (χ4v) is 2.13. The van der Waals surface area contributed by atoms with Gasteiger partial charge in [0.1, 0.15) is 6.04 Å². The fraction of sp³-hybridized carbons (Fsp3) is 0.385. The topological polar surface area (TPSA) is 75.4 Å². The lowest BCUT2D eigenvalue weighted by Gasteiger charge is -2.32. The molecular weight excluding hydrogens is 230 g/mol. The molecule has 3 N–H and O–H groups in total. The number of nitrogens with zero attached hydrogens (tertiary/aromatic N) is 1. The number of hydrogen-bond acceptors (Lipinski definition) is 3. The van der Waals surface area contributed by atoms with Crippen LogP contribution in [-0.2, 0) is 9.59 Å². The average Bonchev–Trinajstić information content (AvgIpc) is 2.42. The first-order valence-electron chi connectivity index (χ1n) is 6.08. The van der Waals surface area contributed by atoms with E-state index in [0.29, 0.717) is 13.0 Å². The van der Waals surface area contributed by atoms with Crippen LogP contribution in [-0.4, -0.2) is 30.9 Å². The number of hydrogen-bond donors (Lipinski definition) is 2. The zero-order valence-electron chi connectivity index (χ0n) is 10.1. The van der Waals surface area contributed by atoms with Crippen molar-refractivity contribution >= 4 is 17.5 Å². The van der Waals surface area contributed by atoms with Crippen LogP contribution in [0.5, 0.6) is 0 Å². The molecule has 5 heteroatoms. The summed E-state index contributed by atoms with van der Waals surface area (Å²) in [6.07, 6.45) is 1.55. The molecule has 1 atom stereocenters. The molecule has 1 aromatic carbocycles. The van der Waals surface area contributed by atoms with E-state index in [1.165, 1.54) is 0 Å². The number of carbonyl (C=O) groups excluding carboxylic acids is 2. The minimum absolute atomic E-state index is 0.0609. The van der Waals surface area contributed by atoms with Gasteiger partial charge in [-0.1, -0.05) is 18.2 Å². The van der Waals surface area contributed by atoms with Crippen LogP contribution in [0.2, 0.25) is 0 Å². The maximum atomic E-state index is 12.2. The standard InChI is InChI=1S/C13H17N3O2/c14-9-12(17)15-11-7-4-8-16(13(11)18)10-5-2-1-3-6-10/h1-3,5-6,11H,4,7-9,14H2,(H,15,17). The number of carbonyl (C=O) groups is 2. The summed E-state index contributed by atoms with van der Waals surface area (Å²) in [5.74, 6) is -0.350. The number of nitrogens with two attached hydrogens (primary N) is 1. The summed E-state index contributed by atoms with van der Waals surface area (Å²) >= 11 is 0. The van der Waals surface area contributed by atoms with Crippen molar-refractivity contribution in [1.82, 2.24) is 5.32 Å². The van der Waals surface area contributed by atoms with Gasteiger partial charge in [-0.05, 0) is 25.0 Å². The van der Waals surface area contributed by atoms with E-state index < -0.39 is 6.04 Å². The monoisotopic (exact) mass is 247 g/mol. The molecule has 1 fully saturated rings. The predicted octanol–water partition coefficient (Wildman–Crippen LogP) is 0.257. The summed E-state index contributed by atoms with van der Waals surface area (Å²) < 4.78 is 0. The van der Waals surface area contributed by atoms with Gasteiger partial charge in [-0.2, -0.15) is 0 Å². The Morgan fingerprint density at radius 1 is 1.39 bits per heavy atom. The van der Waals surface area contributed by atoms with Gasteiger partial charge in [-0.25, -0.2) is 0 Å². The van der Waals surface area contributed by atoms with Crippen molar-refractivity contribution in [2.45, 2.75) is 18.9 Å². The number of nitrogens with one attached hydrogen (secondary N) is 1. The van der Waals surface area contributed by atoms with Crippen molar-refractivity contribution < 1.29 is 9.59 Å². The summed E-state index contributed by atoms with van der Waals surface area (Å²) in [6.45, 7) is 0.604. The molecule has 0 bridgehead atoms. The highest BCUT2D eigenvalue weighted by Crippen LogP contribution is 2.20. The molecule has 0 aliphatic carbocycles. The van der Waals surface area contributed by atoms with E-state index in [1.807, 2.05) is 30.3 Å². The number of para-hydroxylation sites is 1. The van der Waals surface area contributed by atoms with Gasteiger partial charge < -0.3 is 16.0 Å². The Kier molecular flexibility index (Phi) is 3.94. The molecule has 1 aromatic rings. The van der Waals surface area contributed by atoms with Crippen LogP contribution in [0.1, 0.15) is 12.8 Å². The van der Waals surface area contributed by atoms with Gasteiger partial charge in [0, 0.05) is 12.2 Å². The normalized spacial score (nSPS) is 19.7. The van der Waals surface area contributed by atoms with Crippen molar-refractivity contribution in [3.05, 3.63) is 30.3 Å². The Morgan fingerprint density at radius 2 is 2.11 bits per heavy atom. The smallest absolute Gasteiger partial charge is 0.249 e. The van der Waals surface area contributed by atoms with E-state index in [2.05, 4.69) is 5.32 Å². The second-order valence-corrected chi connectivity index (χ2v) is 4.29. The first kappa shape index (κ1) is 12.6. The van der Waals surface area contributed by atoms with Crippen LogP contribution in [0.3, 0.4) is 0 Å². The van der Waals surface area contributed by atoms with Gasteiger partial charge >= 0.3 is 0 Å². The van der Waals surface area contributed by atoms with Crippen LogP contribution in [0, 0.1) is 0 Å². The van der Waals surface area contributed by atoms with Crippen LogP contribution in [0.15, 0.2) is 30.3 Å². The maximum Gasteiger partial charge on any atom is 0.249 e. The summed E-state index contributed by atoms with van der Waals surface area (Å²) in [5, 5.41) is 2.66. The van der Waals surface area contributed by atoms with E-state index >= 15 is 0 Å². The molecule has 1 aliphatic heterocycles. The quantitative estimate of drug-likeness (QED) is 0.804. The number of amides is 2. The lowest BCUT2D eigenvalue weighted by molar-refractivity contribution is -0.127. The Morgan fingerprint density at radius 3 is 2.78 bits per heavy atom. The van der Waals surface area contributed by atoms with E-state index in [1.54, 1.807) is 4.90 Å². The second kappa shape index (κ2) is 5.64. The summed E-state index contributed by atoms with van der Waals surface area (Å²) in [4.78, 5) is 25.2. The van der Waals surface area contributed by atoms with Crippen molar-refractivity contribution in [1.29, 1.82) is 0 Å². The number of anilines is 1. The van der Waals surface area contributed by atoms with Crippen LogP contribution < -0.4 is 16.0 Å². The van der Waals surface area contributed by atoms with Crippen molar-refractivity contribution in [3.8, 4) is 0 Å². The molecule has 0 radical (unpaired) electrons. The third-order valence-electron chi connectivity index (χ3n) is 3.03. The highest BCUT2D eigenvalue weighted by atomic mass is 16.2. The zero-order valence-corrected chi connectivity index (χ0v) is 10.1. The summed E-state index contributed by atoms with van der Waals surface area (Å²) in [7, 11) is 0. The van der Waals surface area contributed by atoms with Crippen molar-refractivity contribution in [2.24, 2.45) is 5.73 Å². The lowest BCUT2D eigenvalue weighted by Crippen LogP contribution is -2.53. The molecule has 2 rings (SSSR count).